The number of benzene rings is 1. The largest absolute Gasteiger partial charge is 0.467 e. The lowest BCUT2D eigenvalue weighted by atomic mass is 9.99. The maximum atomic E-state index is 12.3. The van der Waals surface area contributed by atoms with Crippen molar-refractivity contribution in [2.75, 3.05) is 20.2 Å². The molecule has 1 aromatic carbocycles. The van der Waals surface area contributed by atoms with Crippen molar-refractivity contribution >= 4 is 18.2 Å². The third-order valence-electron chi connectivity index (χ3n) is 4.05. The number of esters is 1. The Morgan fingerprint density at radius 1 is 1.19 bits per heavy atom. The predicted octanol–water partition coefficient (Wildman–Crippen LogP) is 2.47. The van der Waals surface area contributed by atoms with Gasteiger partial charge in [-0.2, -0.15) is 0 Å². The van der Waals surface area contributed by atoms with E-state index < -0.39 is 29.3 Å². The van der Waals surface area contributed by atoms with Crippen molar-refractivity contribution in [3.63, 3.8) is 0 Å². The Kier molecular flexibility index (Phi) is 6.30. The number of carbonyl (C=O) groups is 3. The molecule has 27 heavy (non-hydrogen) atoms. The molecule has 0 aromatic heterocycles. The molecule has 0 saturated carbocycles. The smallest absolute Gasteiger partial charge is 0.410 e. The molecule has 0 aliphatic carbocycles. The molecule has 2 rings (SSSR count). The van der Waals surface area contributed by atoms with Gasteiger partial charge >= 0.3 is 18.2 Å². The van der Waals surface area contributed by atoms with Crippen LogP contribution >= 0.6 is 0 Å². The molecule has 1 N–H and O–H groups in total. The minimum Gasteiger partial charge on any atom is -0.467 e. The van der Waals surface area contributed by atoms with Crippen molar-refractivity contribution in [3.8, 4) is 0 Å². The van der Waals surface area contributed by atoms with E-state index >= 15 is 0 Å². The zero-order valence-corrected chi connectivity index (χ0v) is 16.1. The first kappa shape index (κ1) is 20.5. The van der Waals surface area contributed by atoms with E-state index in [1.807, 2.05) is 30.3 Å². The van der Waals surface area contributed by atoms with Gasteiger partial charge in [-0.15, -0.1) is 0 Å². The number of alkyl carbamates (subject to hydrolysis) is 1. The zero-order chi connectivity index (χ0) is 20.1. The number of nitrogens with zero attached hydrogens (tertiary/aromatic N) is 1. The number of rotatable bonds is 4. The summed E-state index contributed by atoms with van der Waals surface area (Å²) < 4.78 is 15.4. The molecule has 1 fully saturated rings. The predicted molar refractivity (Wildman–Crippen MR) is 96.9 cm³/mol. The van der Waals surface area contributed by atoms with Crippen LogP contribution in [0.4, 0.5) is 9.59 Å². The molecular formula is C19H26N2O6. The molecule has 148 valence electrons. The van der Waals surface area contributed by atoms with Gasteiger partial charge in [-0.05, 0) is 26.3 Å². The van der Waals surface area contributed by atoms with Crippen LogP contribution in [0.2, 0.25) is 0 Å². The molecule has 0 bridgehead atoms. The van der Waals surface area contributed by atoms with Crippen LogP contribution in [0, 0.1) is 0 Å². The third-order valence-corrected chi connectivity index (χ3v) is 4.05. The van der Waals surface area contributed by atoms with E-state index in [9.17, 15) is 14.4 Å². The molecule has 1 heterocycles. The molecule has 8 nitrogen and oxygen atoms in total. The number of hydrogen-bond acceptors (Lipinski definition) is 6. The Balaban J connectivity index is 2.01. The van der Waals surface area contributed by atoms with Gasteiger partial charge in [-0.25, -0.2) is 14.4 Å². The highest BCUT2D eigenvalue weighted by atomic mass is 16.6. The molecule has 1 atom stereocenters. The lowest BCUT2D eigenvalue weighted by Crippen LogP contribution is -2.58. The van der Waals surface area contributed by atoms with Crippen LogP contribution in [0.25, 0.3) is 0 Å². The first-order valence-electron chi connectivity index (χ1n) is 8.70. The maximum absolute atomic E-state index is 12.3. The van der Waals surface area contributed by atoms with Gasteiger partial charge in [0, 0.05) is 13.0 Å². The summed E-state index contributed by atoms with van der Waals surface area (Å²) in [5, 5.41) is 2.57. The molecule has 0 spiro atoms. The van der Waals surface area contributed by atoms with E-state index in [0.29, 0.717) is 0 Å². The second-order valence-electron chi connectivity index (χ2n) is 7.41. The van der Waals surface area contributed by atoms with Gasteiger partial charge in [0.15, 0.2) is 5.54 Å². The van der Waals surface area contributed by atoms with Gasteiger partial charge in [0.1, 0.15) is 12.2 Å². The van der Waals surface area contributed by atoms with Gasteiger partial charge in [-0.1, -0.05) is 30.3 Å². The van der Waals surface area contributed by atoms with Gasteiger partial charge in [-0.3, -0.25) is 0 Å². The van der Waals surface area contributed by atoms with E-state index in [1.54, 1.807) is 20.8 Å². The van der Waals surface area contributed by atoms with Crippen LogP contribution in [-0.2, 0) is 25.6 Å². The first-order chi connectivity index (χ1) is 12.6. The summed E-state index contributed by atoms with van der Waals surface area (Å²) in [4.78, 5) is 38.2. The second-order valence-corrected chi connectivity index (χ2v) is 7.41. The number of ether oxygens (including phenoxy) is 3. The van der Waals surface area contributed by atoms with E-state index in [0.717, 1.165) is 5.56 Å². The number of nitrogens with one attached hydrogen (secondary N) is 1. The van der Waals surface area contributed by atoms with E-state index in [2.05, 4.69) is 5.32 Å². The van der Waals surface area contributed by atoms with Gasteiger partial charge in [0.25, 0.3) is 0 Å². The summed E-state index contributed by atoms with van der Waals surface area (Å²) in [6.07, 6.45) is -1.10. The minimum absolute atomic E-state index is 0.0491. The number of methoxy groups -OCH3 is 1. The number of carbonyl (C=O) groups excluding carboxylic acids is 3. The average Bonchev–Trinajstić information content (AvgIpc) is 3.03. The lowest BCUT2D eigenvalue weighted by Gasteiger charge is -2.29. The normalized spacial score (nSPS) is 19.3. The highest BCUT2D eigenvalue weighted by molar-refractivity contribution is 5.87. The van der Waals surface area contributed by atoms with E-state index in [-0.39, 0.29) is 26.1 Å². The Morgan fingerprint density at radius 2 is 1.85 bits per heavy atom. The minimum atomic E-state index is -1.36. The van der Waals surface area contributed by atoms with Crippen molar-refractivity contribution in [2.45, 2.75) is 44.9 Å². The Hall–Kier alpha value is -2.77. The molecule has 1 aromatic rings. The Bertz CT molecular complexity index is 685. The van der Waals surface area contributed by atoms with Gasteiger partial charge in [0.05, 0.1) is 13.7 Å². The topological polar surface area (TPSA) is 94.2 Å². The fourth-order valence-electron chi connectivity index (χ4n) is 2.79. The molecule has 1 unspecified atom stereocenters. The lowest BCUT2D eigenvalue weighted by molar-refractivity contribution is -0.148. The first-order valence-corrected chi connectivity index (χ1v) is 8.70. The Morgan fingerprint density at radius 3 is 2.44 bits per heavy atom. The summed E-state index contributed by atoms with van der Waals surface area (Å²) >= 11 is 0. The standard InChI is InChI=1S/C19H26N2O6/c1-18(2,3)27-16(23)20-19(15(22)25-4)10-11-21(13-19)17(24)26-12-14-8-6-5-7-9-14/h5-9H,10-13H2,1-4H3,(H,20,23). The maximum Gasteiger partial charge on any atom is 0.410 e. The van der Waals surface area contributed by atoms with Crippen molar-refractivity contribution in [1.29, 1.82) is 0 Å². The highest BCUT2D eigenvalue weighted by Crippen LogP contribution is 2.25. The fourth-order valence-corrected chi connectivity index (χ4v) is 2.79. The van der Waals surface area contributed by atoms with Crippen LogP contribution in [0.5, 0.6) is 0 Å². The molecular weight excluding hydrogens is 352 g/mol. The highest BCUT2D eigenvalue weighted by Gasteiger charge is 2.49. The third kappa shape index (κ3) is 5.60. The summed E-state index contributed by atoms with van der Waals surface area (Å²) in [7, 11) is 1.23. The summed E-state index contributed by atoms with van der Waals surface area (Å²) in [5.74, 6) is -0.633. The van der Waals surface area contributed by atoms with Crippen LogP contribution in [0.1, 0.15) is 32.8 Å². The zero-order valence-electron chi connectivity index (χ0n) is 16.1. The van der Waals surface area contributed by atoms with Crippen LogP contribution in [0.15, 0.2) is 30.3 Å². The second kappa shape index (κ2) is 8.28. The Labute approximate surface area is 158 Å². The summed E-state index contributed by atoms with van der Waals surface area (Å²) in [5.41, 5.74) is -1.21. The van der Waals surface area contributed by atoms with Gasteiger partial charge < -0.3 is 24.4 Å². The molecule has 2 amide bonds. The van der Waals surface area contributed by atoms with Crippen molar-refractivity contribution in [3.05, 3.63) is 35.9 Å². The summed E-state index contributed by atoms with van der Waals surface area (Å²) in [6, 6.07) is 9.27. The number of likely N-dealkylation sites (tertiary alicyclic amines) is 1. The van der Waals surface area contributed by atoms with Crippen LogP contribution in [0.3, 0.4) is 0 Å². The molecule has 1 aliphatic rings. The van der Waals surface area contributed by atoms with Crippen LogP contribution in [-0.4, -0.2) is 54.4 Å². The van der Waals surface area contributed by atoms with E-state index in [4.69, 9.17) is 14.2 Å². The number of hydrogen-bond donors (Lipinski definition) is 1. The SMILES string of the molecule is COC(=O)C1(NC(=O)OC(C)(C)C)CCN(C(=O)OCc2ccccc2)C1. The fraction of sp³-hybridized carbons (Fsp3) is 0.526. The average molecular weight is 378 g/mol. The quantitative estimate of drug-likeness (QED) is 0.639. The van der Waals surface area contributed by atoms with E-state index in [1.165, 1.54) is 12.0 Å². The molecule has 8 heteroatoms. The van der Waals surface area contributed by atoms with Crippen LogP contribution < -0.4 is 5.32 Å². The van der Waals surface area contributed by atoms with Gasteiger partial charge in [0.2, 0.25) is 0 Å². The molecule has 1 aliphatic heterocycles. The molecule has 1 saturated heterocycles. The van der Waals surface area contributed by atoms with Crippen molar-refractivity contribution in [1.82, 2.24) is 10.2 Å². The van der Waals surface area contributed by atoms with Crippen molar-refractivity contribution in [2.24, 2.45) is 0 Å². The molecule has 0 radical (unpaired) electrons. The summed E-state index contributed by atoms with van der Waals surface area (Å²) in [6.45, 7) is 5.49. The van der Waals surface area contributed by atoms with Crippen molar-refractivity contribution < 1.29 is 28.6 Å². The number of amides is 2. The monoisotopic (exact) mass is 378 g/mol.